The van der Waals surface area contributed by atoms with E-state index in [0.29, 0.717) is 25.1 Å². The van der Waals surface area contributed by atoms with Gasteiger partial charge in [0.2, 0.25) is 5.91 Å². The van der Waals surface area contributed by atoms with E-state index in [4.69, 9.17) is 10.00 Å². The Morgan fingerprint density at radius 1 is 1.29 bits per heavy atom. The Kier molecular flexibility index (Phi) is 7.49. The fraction of sp³-hybridized carbons (Fsp3) is 0.529. The molecule has 0 heterocycles. The van der Waals surface area contributed by atoms with E-state index in [9.17, 15) is 4.79 Å². The van der Waals surface area contributed by atoms with Gasteiger partial charge in [0.15, 0.2) is 0 Å². The van der Waals surface area contributed by atoms with Crippen LogP contribution in [0.2, 0.25) is 0 Å². The summed E-state index contributed by atoms with van der Waals surface area (Å²) >= 11 is 0. The van der Waals surface area contributed by atoms with E-state index in [-0.39, 0.29) is 11.9 Å². The predicted molar refractivity (Wildman–Crippen MR) is 82.8 cm³/mol. The smallest absolute Gasteiger partial charge is 0.227 e. The lowest BCUT2D eigenvalue weighted by Gasteiger charge is -2.30. The number of nitriles is 1. The van der Waals surface area contributed by atoms with Gasteiger partial charge in [-0.2, -0.15) is 5.26 Å². The van der Waals surface area contributed by atoms with Gasteiger partial charge >= 0.3 is 0 Å². The molecule has 1 rings (SSSR count). The van der Waals surface area contributed by atoms with Gasteiger partial charge in [-0.1, -0.05) is 26.0 Å². The summed E-state index contributed by atoms with van der Waals surface area (Å²) in [5.74, 6) is 0.116. The van der Waals surface area contributed by atoms with Crippen LogP contribution >= 0.6 is 0 Å². The van der Waals surface area contributed by atoms with Crippen LogP contribution in [-0.2, 0) is 16.0 Å². The fourth-order valence-electron chi connectivity index (χ4n) is 2.40. The SMILES string of the molecule is CCC(CC)N(CCOC)C(=O)Cc1ccc(C#N)cc1. The first-order valence-corrected chi connectivity index (χ1v) is 7.43. The van der Waals surface area contributed by atoms with Crippen molar-refractivity contribution in [1.29, 1.82) is 5.26 Å². The van der Waals surface area contributed by atoms with Gasteiger partial charge in [-0.3, -0.25) is 4.79 Å². The molecular formula is C17H24N2O2. The summed E-state index contributed by atoms with van der Waals surface area (Å²) in [5.41, 5.74) is 1.55. The topological polar surface area (TPSA) is 53.3 Å². The average molecular weight is 288 g/mol. The van der Waals surface area contributed by atoms with Crippen molar-refractivity contribution in [2.75, 3.05) is 20.3 Å². The van der Waals surface area contributed by atoms with Gasteiger partial charge in [0.25, 0.3) is 0 Å². The van der Waals surface area contributed by atoms with Crippen LogP contribution in [0.1, 0.15) is 37.8 Å². The summed E-state index contributed by atoms with van der Waals surface area (Å²) in [5, 5.41) is 8.79. The molecule has 21 heavy (non-hydrogen) atoms. The molecule has 0 bridgehead atoms. The number of rotatable bonds is 8. The first kappa shape index (κ1) is 17.2. The molecule has 0 atom stereocenters. The third-order valence-corrected chi connectivity index (χ3v) is 3.68. The van der Waals surface area contributed by atoms with E-state index in [1.807, 2.05) is 17.0 Å². The quantitative estimate of drug-likeness (QED) is 0.739. The van der Waals surface area contributed by atoms with Crippen molar-refractivity contribution in [1.82, 2.24) is 4.90 Å². The molecule has 0 unspecified atom stereocenters. The van der Waals surface area contributed by atoms with E-state index in [0.717, 1.165) is 18.4 Å². The standard InChI is InChI=1S/C17H24N2O2/c1-4-16(5-2)19(10-11-21-3)17(20)12-14-6-8-15(13-18)9-7-14/h6-9,16H,4-5,10-12H2,1-3H3. The molecule has 0 aromatic heterocycles. The van der Waals surface area contributed by atoms with Crippen molar-refractivity contribution in [3.05, 3.63) is 35.4 Å². The molecule has 0 saturated carbocycles. The van der Waals surface area contributed by atoms with Gasteiger partial charge in [0, 0.05) is 19.7 Å². The minimum Gasteiger partial charge on any atom is -0.383 e. The molecule has 1 aromatic rings. The van der Waals surface area contributed by atoms with Crippen LogP contribution in [0.25, 0.3) is 0 Å². The second kappa shape index (κ2) is 9.15. The first-order valence-electron chi connectivity index (χ1n) is 7.43. The van der Waals surface area contributed by atoms with E-state index in [2.05, 4.69) is 19.9 Å². The Bertz CT molecular complexity index is 473. The molecule has 4 nitrogen and oxygen atoms in total. The summed E-state index contributed by atoms with van der Waals surface area (Å²) in [6, 6.07) is 9.53. The molecule has 0 aliphatic rings. The number of ether oxygens (including phenoxy) is 1. The van der Waals surface area contributed by atoms with Crippen LogP contribution in [0.5, 0.6) is 0 Å². The van der Waals surface area contributed by atoms with Crippen molar-refractivity contribution < 1.29 is 9.53 Å². The van der Waals surface area contributed by atoms with Crippen molar-refractivity contribution in [2.24, 2.45) is 0 Å². The maximum absolute atomic E-state index is 12.5. The number of carbonyl (C=O) groups is 1. The van der Waals surface area contributed by atoms with Gasteiger partial charge in [0.05, 0.1) is 24.7 Å². The maximum Gasteiger partial charge on any atom is 0.227 e. The average Bonchev–Trinajstić information content (AvgIpc) is 2.52. The number of methoxy groups -OCH3 is 1. The highest BCUT2D eigenvalue weighted by Gasteiger charge is 2.20. The van der Waals surface area contributed by atoms with Crippen LogP contribution < -0.4 is 0 Å². The van der Waals surface area contributed by atoms with Crippen LogP contribution in [0.3, 0.4) is 0 Å². The fourth-order valence-corrected chi connectivity index (χ4v) is 2.40. The molecule has 0 N–H and O–H groups in total. The second-order valence-electron chi connectivity index (χ2n) is 5.04. The van der Waals surface area contributed by atoms with Gasteiger partial charge in [-0.05, 0) is 30.5 Å². The van der Waals surface area contributed by atoms with E-state index in [1.54, 1.807) is 19.2 Å². The Morgan fingerprint density at radius 2 is 1.90 bits per heavy atom. The molecular weight excluding hydrogens is 264 g/mol. The third-order valence-electron chi connectivity index (χ3n) is 3.68. The van der Waals surface area contributed by atoms with Gasteiger partial charge in [-0.25, -0.2) is 0 Å². The Balaban J connectivity index is 2.76. The highest BCUT2D eigenvalue weighted by Crippen LogP contribution is 2.12. The predicted octanol–water partition coefficient (Wildman–Crippen LogP) is 2.76. The molecule has 0 saturated heterocycles. The van der Waals surface area contributed by atoms with Crippen molar-refractivity contribution in [3.63, 3.8) is 0 Å². The van der Waals surface area contributed by atoms with Gasteiger partial charge < -0.3 is 9.64 Å². The Labute approximate surface area is 127 Å². The van der Waals surface area contributed by atoms with Crippen LogP contribution in [0.4, 0.5) is 0 Å². The van der Waals surface area contributed by atoms with Crippen molar-refractivity contribution in [3.8, 4) is 6.07 Å². The number of nitrogens with zero attached hydrogens (tertiary/aromatic N) is 2. The molecule has 1 amide bonds. The minimum absolute atomic E-state index is 0.116. The van der Waals surface area contributed by atoms with E-state index >= 15 is 0 Å². The third kappa shape index (κ3) is 5.20. The van der Waals surface area contributed by atoms with E-state index in [1.165, 1.54) is 0 Å². The lowest BCUT2D eigenvalue weighted by molar-refractivity contribution is -0.133. The van der Waals surface area contributed by atoms with Crippen LogP contribution in [-0.4, -0.2) is 37.1 Å². The molecule has 114 valence electrons. The van der Waals surface area contributed by atoms with Gasteiger partial charge in [-0.15, -0.1) is 0 Å². The zero-order chi connectivity index (χ0) is 15.7. The number of hydrogen-bond donors (Lipinski definition) is 0. The summed E-state index contributed by atoms with van der Waals surface area (Å²) in [6.07, 6.45) is 2.25. The molecule has 1 aromatic carbocycles. The highest BCUT2D eigenvalue weighted by atomic mass is 16.5. The zero-order valence-corrected chi connectivity index (χ0v) is 13.1. The highest BCUT2D eigenvalue weighted by molar-refractivity contribution is 5.79. The largest absolute Gasteiger partial charge is 0.383 e. The Morgan fingerprint density at radius 3 is 2.38 bits per heavy atom. The molecule has 0 aliphatic heterocycles. The van der Waals surface area contributed by atoms with E-state index < -0.39 is 0 Å². The van der Waals surface area contributed by atoms with Crippen molar-refractivity contribution in [2.45, 2.75) is 39.2 Å². The van der Waals surface area contributed by atoms with Crippen LogP contribution in [0, 0.1) is 11.3 Å². The monoisotopic (exact) mass is 288 g/mol. The normalized spacial score (nSPS) is 10.4. The summed E-state index contributed by atoms with van der Waals surface area (Å²) in [4.78, 5) is 14.5. The first-order chi connectivity index (χ1) is 10.2. The summed E-state index contributed by atoms with van der Waals surface area (Å²) in [7, 11) is 1.65. The number of hydrogen-bond acceptors (Lipinski definition) is 3. The molecule has 0 radical (unpaired) electrons. The molecule has 0 aliphatic carbocycles. The molecule has 0 fully saturated rings. The minimum atomic E-state index is 0.116. The zero-order valence-electron chi connectivity index (χ0n) is 13.1. The molecule has 4 heteroatoms. The maximum atomic E-state index is 12.5. The number of carbonyl (C=O) groups excluding carboxylic acids is 1. The molecule has 0 spiro atoms. The lowest BCUT2D eigenvalue weighted by atomic mass is 10.1. The van der Waals surface area contributed by atoms with Crippen molar-refractivity contribution >= 4 is 5.91 Å². The summed E-state index contributed by atoms with van der Waals surface area (Å²) in [6.45, 7) is 5.37. The number of benzene rings is 1. The Hall–Kier alpha value is -1.86. The van der Waals surface area contributed by atoms with Crippen LogP contribution in [0.15, 0.2) is 24.3 Å². The second-order valence-corrected chi connectivity index (χ2v) is 5.04. The number of amides is 1. The summed E-state index contributed by atoms with van der Waals surface area (Å²) < 4.78 is 5.11. The van der Waals surface area contributed by atoms with Gasteiger partial charge in [0.1, 0.15) is 0 Å². The lowest BCUT2D eigenvalue weighted by Crippen LogP contribution is -2.42.